The Labute approximate surface area is 124 Å². The van der Waals surface area contributed by atoms with Crippen molar-refractivity contribution in [2.45, 2.75) is 72.9 Å². The lowest BCUT2D eigenvalue weighted by Gasteiger charge is -2.32. The van der Waals surface area contributed by atoms with Gasteiger partial charge in [0.25, 0.3) is 0 Å². The molecule has 114 valence electrons. The van der Waals surface area contributed by atoms with Crippen LogP contribution in [-0.4, -0.2) is 16.3 Å². The Morgan fingerprint density at radius 3 is 2.60 bits per heavy atom. The van der Waals surface area contributed by atoms with Gasteiger partial charge in [-0.2, -0.15) is 5.10 Å². The first-order chi connectivity index (χ1) is 9.54. The van der Waals surface area contributed by atoms with E-state index in [2.05, 4.69) is 44.6 Å². The van der Waals surface area contributed by atoms with Gasteiger partial charge in [-0.25, -0.2) is 0 Å². The predicted molar refractivity (Wildman–Crippen MR) is 84.9 cm³/mol. The molecule has 1 fully saturated rings. The summed E-state index contributed by atoms with van der Waals surface area (Å²) in [5, 5.41) is 8.36. The predicted octanol–water partition coefficient (Wildman–Crippen LogP) is 4.00. The zero-order valence-electron chi connectivity index (χ0n) is 13.9. The van der Waals surface area contributed by atoms with Crippen LogP contribution in [0.1, 0.15) is 69.4 Å². The molecule has 0 amide bonds. The van der Waals surface area contributed by atoms with Gasteiger partial charge >= 0.3 is 0 Å². The normalized spacial score (nSPS) is 26.9. The smallest absolute Gasteiger partial charge is 0.0641 e. The van der Waals surface area contributed by atoms with Gasteiger partial charge in [0.15, 0.2) is 0 Å². The first-order valence-corrected chi connectivity index (χ1v) is 8.29. The molecule has 3 nitrogen and oxygen atoms in total. The summed E-state index contributed by atoms with van der Waals surface area (Å²) < 4.78 is 2.32. The molecule has 1 aromatic rings. The van der Waals surface area contributed by atoms with Crippen molar-refractivity contribution in [3.63, 3.8) is 0 Å². The molecule has 0 radical (unpaired) electrons. The van der Waals surface area contributed by atoms with E-state index in [1.165, 1.54) is 42.6 Å². The zero-order valence-corrected chi connectivity index (χ0v) is 13.9. The first-order valence-electron chi connectivity index (χ1n) is 8.29. The van der Waals surface area contributed by atoms with Crippen LogP contribution in [0.3, 0.4) is 0 Å². The van der Waals surface area contributed by atoms with E-state index in [0.29, 0.717) is 6.04 Å². The highest BCUT2D eigenvalue weighted by atomic mass is 15.3. The maximum atomic E-state index is 4.85. The summed E-state index contributed by atoms with van der Waals surface area (Å²) in [6.45, 7) is 13.4. The molecule has 3 atom stereocenters. The van der Waals surface area contributed by atoms with Crippen molar-refractivity contribution in [1.82, 2.24) is 15.1 Å². The van der Waals surface area contributed by atoms with Crippen molar-refractivity contribution in [2.75, 3.05) is 6.54 Å². The average Bonchev–Trinajstić information content (AvgIpc) is 2.70. The van der Waals surface area contributed by atoms with Crippen molar-refractivity contribution in [3.8, 4) is 0 Å². The number of aromatic nitrogens is 2. The molecule has 1 heterocycles. The van der Waals surface area contributed by atoms with Gasteiger partial charge in [-0.1, -0.05) is 20.8 Å². The molecule has 0 aromatic carbocycles. The van der Waals surface area contributed by atoms with Crippen LogP contribution in [0.5, 0.6) is 0 Å². The van der Waals surface area contributed by atoms with Crippen molar-refractivity contribution in [1.29, 1.82) is 0 Å². The molecule has 20 heavy (non-hydrogen) atoms. The third-order valence-corrected chi connectivity index (χ3v) is 5.12. The second kappa shape index (κ2) is 6.75. The van der Waals surface area contributed by atoms with Gasteiger partial charge in [0.2, 0.25) is 0 Å². The van der Waals surface area contributed by atoms with Crippen LogP contribution in [0.15, 0.2) is 0 Å². The number of aryl methyl sites for hydroxylation is 1. The van der Waals surface area contributed by atoms with Crippen LogP contribution < -0.4 is 5.32 Å². The molecule has 1 aliphatic carbocycles. The quantitative estimate of drug-likeness (QED) is 0.825. The Bertz CT molecular complexity index is 436. The highest BCUT2D eigenvalue weighted by Gasteiger charge is 2.27. The molecule has 0 aliphatic heterocycles. The van der Waals surface area contributed by atoms with Crippen LogP contribution >= 0.6 is 0 Å². The fourth-order valence-electron chi connectivity index (χ4n) is 3.44. The summed E-state index contributed by atoms with van der Waals surface area (Å²) >= 11 is 0. The Hall–Kier alpha value is -0.830. The van der Waals surface area contributed by atoms with Gasteiger partial charge in [-0.05, 0) is 57.9 Å². The maximum absolute atomic E-state index is 4.85. The SMILES string of the molecule is CCCNCc1c(C)nn(C2CCC(C)C(C)C2)c1C. The van der Waals surface area contributed by atoms with E-state index in [0.717, 1.165) is 24.9 Å². The van der Waals surface area contributed by atoms with E-state index in [9.17, 15) is 0 Å². The minimum Gasteiger partial charge on any atom is -0.313 e. The lowest BCUT2D eigenvalue weighted by Crippen LogP contribution is -2.25. The van der Waals surface area contributed by atoms with Crippen molar-refractivity contribution < 1.29 is 0 Å². The molecule has 0 spiro atoms. The number of nitrogens with one attached hydrogen (secondary N) is 1. The molecular formula is C17H31N3. The standard InChI is InChI=1S/C17H31N3/c1-6-9-18-11-17-14(4)19-20(15(17)5)16-8-7-12(2)13(3)10-16/h12-13,16,18H,6-11H2,1-5H3. The molecule has 3 heteroatoms. The molecule has 1 aromatic heterocycles. The third kappa shape index (κ3) is 3.25. The summed E-state index contributed by atoms with van der Waals surface area (Å²) in [5.41, 5.74) is 3.99. The van der Waals surface area contributed by atoms with Gasteiger partial charge in [-0.3, -0.25) is 4.68 Å². The highest BCUT2D eigenvalue weighted by Crippen LogP contribution is 2.37. The molecule has 0 bridgehead atoms. The van der Waals surface area contributed by atoms with Crippen LogP contribution in [-0.2, 0) is 6.54 Å². The van der Waals surface area contributed by atoms with Gasteiger partial charge in [0.05, 0.1) is 11.7 Å². The van der Waals surface area contributed by atoms with E-state index < -0.39 is 0 Å². The van der Waals surface area contributed by atoms with Crippen molar-refractivity contribution in [2.24, 2.45) is 11.8 Å². The van der Waals surface area contributed by atoms with Gasteiger partial charge < -0.3 is 5.32 Å². The summed E-state index contributed by atoms with van der Waals surface area (Å²) in [4.78, 5) is 0. The maximum Gasteiger partial charge on any atom is 0.0641 e. The lowest BCUT2D eigenvalue weighted by atomic mass is 9.79. The van der Waals surface area contributed by atoms with Gasteiger partial charge in [0, 0.05) is 17.8 Å². The molecule has 1 saturated carbocycles. The minimum atomic E-state index is 0.611. The Morgan fingerprint density at radius 1 is 1.20 bits per heavy atom. The van der Waals surface area contributed by atoms with Crippen LogP contribution in [0.4, 0.5) is 0 Å². The molecule has 1 N–H and O–H groups in total. The second-order valence-electron chi connectivity index (χ2n) is 6.69. The highest BCUT2D eigenvalue weighted by molar-refractivity contribution is 5.25. The van der Waals surface area contributed by atoms with Gasteiger partial charge in [0.1, 0.15) is 0 Å². The van der Waals surface area contributed by atoms with E-state index in [4.69, 9.17) is 5.10 Å². The van der Waals surface area contributed by atoms with Crippen LogP contribution in [0, 0.1) is 25.7 Å². The largest absolute Gasteiger partial charge is 0.313 e. The number of hydrogen-bond acceptors (Lipinski definition) is 2. The van der Waals surface area contributed by atoms with E-state index >= 15 is 0 Å². The monoisotopic (exact) mass is 277 g/mol. The molecule has 0 saturated heterocycles. The third-order valence-electron chi connectivity index (χ3n) is 5.12. The van der Waals surface area contributed by atoms with Gasteiger partial charge in [-0.15, -0.1) is 0 Å². The molecule has 2 rings (SSSR count). The Morgan fingerprint density at radius 2 is 1.95 bits per heavy atom. The molecular weight excluding hydrogens is 246 g/mol. The number of nitrogens with zero attached hydrogens (tertiary/aromatic N) is 2. The molecule has 3 unspecified atom stereocenters. The van der Waals surface area contributed by atoms with E-state index in [1.807, 2.05) is 0 Å². The van der Waals surface area contributed by atoms with Crippen LogP contribution in [0.25, 0.3) is 0 Å². The lowest BCUT2D eigenvalue weighted by molar-refractivity contribution is 0.198. The summed E-state index contributed by atoms with van der Waals surface area (Å²) in [6, 6.07) is 0.611. The summed E-state index contributed by atoms with van der Waals surface area (Å²) in [6.07, 6.45) is 5.10. The summed E-state index contributed by atoms with van der Waals surface area (Å²) in [5.74, 6) is 1.69. The summed E-state index contributed by atoms with van der Waals surface area (Å²) in [7, 11) is 0. The van der Waals surface area contributed by atoms with E-state index in [-0.39, 0.29) is 0 Å². The van der Waals surface area contributed by atoms with Crippen LogP contribution in [0.2, 0.25) is 0 Å². The average molecular weight is 277 g/mol. The zero-order chi connectivity index (χ0) is 14.7. The van der Waals surface area contributed by atoms with Crippen molar-refractivity contribution >= 4 is 0 Å². The number of hydrogen-bond donors (Lipinski definition) is 1. The fraction of sp³-hybridized carbons (Fsp3) is 0.824. The Balaban J connectivity index is 2.11. The van der Waals surface area contributed by atoms with E-state index in [1.54, 1.807) is 0 Å². The Kier molecular flexibility index (Phi) is 5.25. The second-order valence-corrected chi connectivity index (χ2v) is 6.69. The first kappa shape index (κ1) is 15.6. The minimum absolute atomic E-state index is 0.611. The fourth-order valence-corrected chi connectivity index (χ4v) is 3.44. The molecule has 1 aliphatic rings. The number of rotatable bonds is 5. The topological polar surface area (TPSA) is 29.9 Å². The van der Waals surface area contributed by atoms with Crippen molar-refractivity contribution in [3.05, 3.63) is 17.0 Å².